The van der Waals surface area contributed by atoms with Crippen LogP contribution in [0.25, 0.3) is 0 Å². The molecule has 5 amide bonds. The molecule has 1 aromatic carbocycles. The van der Waals surface area contributed by atoms with Gasteiger partial charge in [0.15, 0.2) is 5.78 Å². The molecule has 2 fully saturated rings. The fraction of sp³-hybridized carbons (Fsp3) is 0.667. The first-order chi connectivity index (χ1) is 21.8. The second kappa shape index (κ2) is 15.4. The molecule has 0 radical (unpaired) electrons. The third-order valence-corrected chi connectivity index (χ3v) is 9.35. The van der Waals surface area contributed by atoms with Crippen molar-refractivity contribution < 1.29 is 28.8 Å². The standard InChI is InChI=1S/C36H55N5O6/c1-21(2)24-18-19-41(27(24)32(45)38-25(20-23-14-15-23)28(43)31(37)44)33(46)30(36(6,7)8)40-34(47)39-29(35(3,4)5)26(42)17-16-22-12-10-9-11-13-22/h9-13,21,23-25,27,29-30H,14-20H2,1-8H3,(H2,37,44)(H,38,45)(H2,39,40,47)/t24-,25?,27+,29-,30-/m1/s1. The number of likely N-dealkylation sites (tertiary alicyclic amines) is 1. The van der Waals surface area contributed by atoms with Gasteiger partial charge in [-0.2, -0.15) is 0 Å². The Balaban J connectivity index is 1.80. The fourth-order valence-electron chi connectivity index (χ4n) is 6.40. The molecule has 1 unspecified atom stereocenters. The Morgan fingerprint density at radius 3 is 1.94 bits per heavy atom. The van der Waals surface area contributed by atoms with E-state index in [0.717, 1.165) is 18.4 Å². The van der Waals surface area contributed by atoms with E-state index in [9.17, 15) is 28.8 Å². The second-order valence-corrected chi connectivity index (χ2v) is 15.8. The minimum atomic E-state index is -1.11. The second-order valence-electron chi connectivity index (χ2n) is 15.8. The Labute approximate surface area is 279 Å². The molecule has 260 valence electrons. The maximum atomic E-state index is 14.3. The fourth-order valence-corrected chi connectivity index (χ4v) is 6.40. The molecule has 5 atom stereocenters. The molecule has 5 N–H and O–H groups in total. The van der Waals surface area contributed by atoms with Crippen molar-refractivity contribution in [2.75, 3.05) is 6.54 Å². The number of rotatable bonds is 14. The number of hydrogen-bond acceptors (Lipinski definition) is 6. The monoisotopic (exact) mass is 653 g/mol. The number of nitrogens with two attached hydrogens (primary N) is 1. The van der Waals surface area contributed by atoms with Crippen LogP contribution < -0.4 is 21.7 Å². The van der Waals surface area contributed by atoms with Crippen molar-refractivity contribution in [3.63, 3.8) is 0 Å². The molecular formula is C36H55N5O6. The van der Waals surface area contributed by atoms with Crippen LogP contribution in [-0.4, -0.2) is 70.9 Å². The largest absolute Gasteiger partial charge is 0.363 e. The lowest BCUT2D eigenvalue weighted by Gasteiger charge is -2.38. The van der Waals surface area contributed by atoms with E-state index < -0.39 is 64.5 Å². The van der Waals surface area contributed by atoms with Gasteiger partial charge in [-0.05, 0) is 53.4 Å². The summed E-state index contributed by atoms with van der Waals surface area (Å²) in [7, 11) is 0. The summed E-state index contributed by atoms with van der Waals surface area (Å²) in [5.74, 6) is -2.94. The highest BCUT2D eigenvalue weighted by Crippen LogP contribution is 2.35. The lowest BCUT2D eigenvalue weighted by molar-refractivity contribution is -0.144. The third-order valence-electron chi connectivity index (χ3n) is 9.35. The summed E-state index contributed by atoms with van der Waals surface area (Å²) >= 11 is 0. The van der Waals surface area contributed by atoms with Crippen molar-refractivity contribution in [2.45, 2.75) is 118 Å². The van der Waals surface area contributed by atoms with Crippen LogP contribution in [0.15, 0.2) is 30.3 Å². The van der Waals surface area contributed by atoms with E-state index in [-0.39, 0.29) is 36.5 Å². The number of amides is 5. The van der Waals surface area contributed by atoms with E-state index in [0.29, 0.717) is 19.3 Å². The first kappa shape index (κ1) is 37.7. The molecule has 0 bridgehead atoms. The number of hydrogen-bond donors (Lipinski definition) is 4. The summed E-state index contributed by atoms with van der Waals surface area (Å²) in [6.45, 7) is 15.3. The van der Waals surface area contributed by atoms with Gasteiger partial charge in [-0.3, -0.25) is 24.0 Å². The predicted molar refractivity (Wildman–Crippen MR) is 180 cm³/mol. The van der Waals surface area contributed by atoms with Crippen LogP contribution >= 0.6 is 0 Å². The maximum Gasteiger partial charge on any atom is 0.316 e. The van der Waals surface area contributed by atoms with Crippen molar-refractivity contribution in [2.24, 2.45) is 34.3 Å². The van der Waals surface area contributed by atoms with Gasteiger partial charge in [0.05, 0.1) is 12.1 Å². The van der Waals surface area contributed by atoms with E-state index in [1.165, 1.54) is 4.90 Å². The highest BCUT2D eigenvalue weighted by Gasteiger charge is 2.48. The van der Waals surface area contributed by atoms with E-state index >= 15 is 0 Å². The van der Waals surface area contributed by atoms with Gasteiger partial charge in [-0.25, -0.2) is 4.79 Å². The van der Waals surface area contributed by atoms with Crippen LogP contribution in [0, 0.1) is 28.6 Å². The predicted octanol–water partition coefficient (Wildman–Crippen LogP) is 3.53. The Hall–Kier alpha value is -3.76. The summed E-state index contributed by atoms with van der Waals surface area (Å²) in [6.07, 6.45) is 3.50. The van der Waals surface area contributed by atoms with Crippen LogP contribution in [0.3, 0.4) is 0 Å². The Bertz CT molecular complexity index is 1310. The number of nitrogens with zero attached hydrogens (tertiary/aromatic N) is 1. The summed E-state index contributed by atoms with van der Waals surface area (Å²) in [5.41, 5.74) is 4.98. The first-order valence-corrected chi connectivity index (χ1v) is 16.9. The molecule has 1 saturated carbocycles. The zero-order chi connectivity index (χ0) is 35.3. The number of nitrogens with one attached hydrogen (secondary N) is 3. The van der Waals surface area contributed by atoms with Crippen molar-refractivity contribution in [1.82, 2.24) is 20.9 Å². The molecule has 1 aliphatic heterocycles. The Morgan fingerprint density at radius 1 is 0.851 bits per heavy atom. The average molecular weight is 654 g/mol. The van der Waals surface area contributed by atoms with E-state index in [2.05, 4.69) is 16.0 Å². The van der Waals surface area contributed by atoms with Gasteiger partial charge in [-0.1, -0.05) is 98.6 Å². The van der Waals surface area contributed by atoms with E-state index in [1.807, 2.05) is 85.7 Å². The molecule has 2 aliphatic rings. The zero-order valence-electron chi connectivity index (χ0n) is 29.4. The van der Waals surface area contributed by atoms with E-state index in [4.69, 9.17) is 5.73 Å². The molecule has 47 heavy (non-hydrogen) atoms. The summed E-state index contributed by atoms with van der Waals surface area (Å²) in [5, 5.41) is 8.44. The van der Waals surface area contributed by atoms with Gasteiger partial charge >= 0.3 is 6.03 Å². The summed E-state index contributed by atoms with van der Waals surface area (Å²) < 4.78 is 0. The van der Waals surface area contributed by atoms with Gasteiger partial charge in [0.1, 0.15) is 12.1 Å². The van der Waals surface area contributed by atoms with Crippen LogP contribution in [0.5, 0.6) is 0 Å². The molecule has 11 heteroatoms. The summed E-state index contributed by atoms with van der Waals surface area (Å²) in [4.78, 5) is 80.9. The van der Waals surface area contributed by atoms with Crippen molar-refractivity contribution >= 4 is 35.3 Å². The molecule has 1 saturated heterocycles. The molecule has 3 rings (SSSR count). The topological polar surface area (TPSA) is 168 Å². The van der Waals surface area contributed by atoms with Crippen LogP contribution in [-0.2, 0) is 30.4 Å². The van der Waals surface area contributed by atoms with Gasteiger partial charge in [-0.15, -0.1) is 0 Å². The number of Topliss-reactive ketones (excluding diaryl/α,β-unsaturated/α-hetero) is 2. The van der Waals surface area contributed by atoms with Gasteiger partial charge in [0.2, 0.25) is 17.6 Å². The van der Waals surface area contributed by atoms with Gasteiger partial charge in [0.25, 0.3) is 5.91 Å². The molecule has 0 aromatic heterocycles. The van der Waals surface area contributed by atoms with Crippen molar-refractivity contribution in [3.05, 3.63) is 35.9 Å². The molecule has 1 aliphatic carbocycles. The maximum absolute atomic E-state index is 14.3. The smallest absolute Gasteiger partial charge is 0.316 e. The van der Waals surface area contributed by atoms with Crippen LogP contribution in [0.4, 0.5) is 4.79 Å². The number of urea groups is 1. The lowest BCUT2D eigenvalue weighted by atomic mass is 9.82. The minimum absolute atomic E-state index is 0.0380. The van der Waals surface area contributed by atoms with E-state index in [1.54, 1.807) is 0 Å². The highest BCUT2D eigenvalue weighted by atomic mass is 16.2. The number of carbonyl (C=O) groups excluding carboxylic acids is 6. The summed E-state index contributed by atoms with van der Waals surface area (Å²) in [6, 6.07) is 5.23. The zero-order valence-corrected chi connectivity index (χ0v) is 29.4. The molecule has 11 nitrogen and oxygen atoms in total. The SMILES string of the molecule is CC(C)[C@H]1CCN(C(=O)[C@@H](NC(=O)N[C@H](C(=O)CCc2ccccc2)C(C)(C)C)C(C)(C)C)[C@@H]1C(=O)NC(CC1CC1)C(=O)C(N)=O. The lowest BCUT2D eigenvalue weighted by Crippen LogP contribution is -2.62. The van der Waals surface area contributed by atoms with Gasteiger partial charge < -0.3 is 26.6 Å². The Kier molecular flexibility index (Phi) is 12.4. The molecule has 1 heterocycles. The third kappa shape index (κ3) is 10.4. The molecular weight excluding hydrogens is 598 g/mol. The number of benzene rings is 1. The van der Waals surface area contributed by atoms with Crippen LogP contribution in [0.1, 0.15) is 93.1 Å². The first-order valence-electron chi connectivity index (χ1n) is 16.9. The van der Waals surface area contributed by atoms with Crippen LogP contribution in [0.2, 0.25) is 0 Å². The highest BCUT2D eigenvalue weighted by molar-refractivity contribution is 6.37. The Morgan fingerprint density at radius 2 is 1.43 bits per heavy atom. The molecule has 1 aromatic rings. The number of ketones is 2. The molecule has 0 spiro atoms. The number of carbonyl (C=O) groups is 6. The van der Waals surface area contributed by atoms with Gasteiger partial charge in [0, 0.05) is 13.0 Å². The normalized spacial score (nSPS) is 20.2. The van der Waals surface area contributed by atoms with Crippen molar-refractivity contribution in [1.29, 1.82) is 0 Å². The quantitative estimate of drug-likeness (QED) is 0.224. The minimum Gasteiger partial charge on any atom is -0.363 e. The average Bonchev–Trinajstić information content (AvgIpc) is 3.68. The number of aryl methyl sites for hydroxylation is 1. The van der Waals surface area contributed by atoms with Crippen molar-refractivity contribution in [3.8, 4) is 0 Å². The number of primary amides is 1.